The standard InChI is InChI=1S/C21H14N2O3S2/c24-20(18-9-12-27-14-18)25-10-3-4-11-28-21-23-22-19(26-21)17-8-7-15-5-1-2-6-16(15)13-17/h1-2,5-9,12-14H,10-11H2. The maximum Gasteiger partial charge on any atom is 0.339 e. The van der Waals surface area contributed by atoms with Gasteiger partial charge in [0.1, 0.15) is 0 Å². The highest BCUT2D eigenvalue weighted by molar-refractivity contribution is 7.99. The number of ether oxygens (including phenoxy) is 1. The van der Waals surface area contributed by atoms with Crippen LogP contribution >= 0.6 is 23.1 Å². The molecule has 0 radical (unpaired) electrons. The molecule has 28 heavy (non-hydrogen) atoms. The molecule has 4 aromatic rings. The van der Waals surface area contributed by atoms with Crippen LogP contribution < -0.4 is 0 Å². The molecule has 2 aromatic heterocycles. The van der Waals surface area contributed by atoms with Gasteiger partial charge in [-0.15, -0.1) is 10.2 Å². The number of hydrogen-bond donors (Lipinski definition) is 0. The second-order valence-corrected chi connectivity index (χ2v) is 7.37. The minimum absolute atomic E-state index is 0.0570. The summed E-state index contributed by atoms with van der Waals surface area (Å²) in [6, 6.07) is 15.9. The van der Waals surface area contributed by atoms with Crippen molar-refractivity contribution in [3.8, 4) is 23.3 Å². The summed E-state index contributed by atoms with van der Waals surface area (Å²) >= 11 is 2.79. The number of thioether (sulfide) groups is 1. The lowest BCUT2D eigenvalue weighted by molar-refractivity contribution is 0.0557. The summed E-state index contributed by atoms with van der Waals surface area (Å²) < 4.78 is 10.8. The Morgan fingerprint density at radius 1 is 1.11 bits per heavy atom. The molecule has 0 spiro atoms. The van der Waals surface area contributed by atoms with Crippen LogP contribution in [0, 0.1) is 11.8 Å². The number of carbonyl (C=O) groups excluding carboxylic acids is 1. The highest BCUT2D eigenvalue weighted by atomic mass is 32.2. The molecule has 0 aliphatic rings. The average Bonchev–Trinajstić information content (AvgIpc) is 3.42. The number of fused-ring (bicyclic) bond motifs is 1. The molecule has 7 heteroatoms. The summed E-state index contributed by atoms with van der Waals surface area (Å²) in [6.07, 6.45) is 0. The average molecular weight is 406 g/mol. The van der Waals surface area contributed by atoms with Crippen LogP contribution in [-0.2, 0) is 4.74 Å². The quantitative estimate of drug-likeness (QED) is 0.267. The molecule has 0 fully saturated rings. The molecular formula is C21H14N2O3S2. The second-order valence-electron chi connectivity index (χ2n) is 5.67. The van der Waals surface area contributed by atoms with E-state index in [9.17, 15) is 4.79 Å². The topological polar surface area (TPSA) is 65.2 Å². The summed E-state index contributed by atoms with van der Waals surface area (Å²) in [7, 11) is 0. The monoisotopic (exact) mass is 406 g/mol. The second kappa shape index (κ2) is 8.74. The number of hydrogen-bond acceptors (Lipinski definition) is 7. The lowest BCUT2D eigenvalue weighted by Crippen LogP contribution is -2.03. The van der Waals surface area contributed by atoms with Crippen molar-refractivity contribution in [2.45, 2.75) is 5.22 Å². The fourth-order valence-electron chi connectivity index (χ4n) is 2.47. The summed E-state index contributed by atoms with van der Waals surface area (Å²) in [5.74, 6) is 6.31. The smallest absolute Gasteiger partial charge is 0.339 e. The molecule has 0 amide bonds. The van der Waals surface area contributed by atoms with Gasteiger partial charge in [0.15, 0.2) is 6.61 Å². The van der Waals surface area contributed by atoms with Gasteiger partial charge >= 0.3 is 5.97 Å². The van der Waals surface area contributed by atoms with E-state index in [4.69, 9.17) is 9.15 Å². The largest absolute Gasteiger partial charge is 0.449 e. The van der Waals surface area contributed by atoms with E-state index < -0.39 is 0 Å². The van der Waals surface area contributed by atoms with Crippen LogP contribution in [0.2, 0.25) is 0 Å². The number of esters is 1. The fraction of sp³-hybridized carbons (Fsp3) is 0.0952. The molecule has 2 heterocycles. The van der Waals surface area contributed by atoms with E-state index >= 15 is 0 Å². The first-order valence-electron chi connectivity index (χ1n) is 8.40. The van der Waals surface area contributed by atoms with Crippen molar-refractivity contribution in [2.24, 2.45) is 0 Å². The van der Waals surface area contributed by atoms with Crippen LogP contribution in [-0.4, -0.2) is 28.5 Å². The third-order valence-electron chi connectivity index (χ3n) is 3.83. The first-order valence-corrected chi connectivity index (χ1v) is 10.3. The lowest BCUT2D eigenvalue weighted by Gasteiger charge is -1.99. The van der Waals surface area contributed by atoms with Crippen molar-refractivity contribution in [1.82, 2.24) is 10.2 Å². The van der Waals surface area contributed by atoms with Gasteiger partial charge in [-0.1, -0.05) is 53.9 Å². The number of thiophene rings is 1. The van der Waals surface area contributed by atoms with Gasteiger partial charge in [0.25, 0.3) is 5.22 Å². The maximum absolute atomic E-state index is 11.7. The lowest BCUT2D eigenvalue weighted by atomic mass is 10.1. The van der Waals surface area contributed by atoms with Gasteiger partial charge in [0, 0.05) is 10.9 Å². The highest BCUT2D eigenvalue weighted by Gasteiger charge is 2.09. The predicted molar refractivity (Wildman–Crippen MR) is 110 cm³/mol. The van der Waals surface area contributed by atoms with Crippen molar-refractivity contribution < 1.29 is 13.9 Å². The molecule has 0 unspecified atom stereocenters. The van der Waals surface area contributed by atoms with Crippen molar-refractivity contribution in [1.29, 1.82) is 0 Å². The number of rotatable bonds is 5. The number of carbonyl (C=O) groups is 1. The fourth-order valence-corrected chi connectivity index (χ4v) is 3.63. The Kier molecular flexibility index (Phi) is 5.71. The zero-order valence-corrected chi connectivity index (χ0v) is 16.3. The molecule has 0 N–H and O–H groups in total. The zero-order chi connectivity index (χ0) is 19.2. The summed E-state index contributed by atoms with van der Waals surface area (Å²) in [4.78, 5) is 11.7. The molecule has 0 atom stereocenters. The zero-order valence-electron chi connectivity index (χ0n) is 14.6. The van der Waals surface area contributed by atoms with Crippen LogP contribution in [0.5, 0.6) is 0 Å². The molecule has 0 bridgehead atoms. The molecule has 0 saturated carbocycles. The Morgan fingerprint density at radius 2 is 2.00 bits per heavy atom. The Morgan fingerprint density at radius 3 is 2.86 bits per heavy atom. The van der Waals surface area contributed by atoms with Crippen molar-refractivity contribution in [2.75, 3.05) is 12.4 Å². The first-order chi connectivity index (χ1) is 13.8. The maximum atomic E-state index is 11.7. The van der Waals surface area contributed by atoms with Gasteiger partial charge in [-0.25, -0.2) is 4.79 Å². The number of benzene rings is 2. The summed E-state index contributed by atoms with van der Waals surface area (Å²) in [5.41, 5.74) is 1.43. The Bertz CT molecular complexity index is 1160. The minimum Gasteiger partial charge on any atom is -0.449 e. The third-order valence-corrected chi connectivity index (χ3v) is 5.21. The molecule has 0 aliphatic carbocycles. The first kappa shape index (κ1) is 18.3. The van der Waals surface area contributed by atoms with Crippen molar-refractivity contribution >= 4 is 39.8 Å². The number of nitrogens with zero attached hydrogens (tertiary/aromatic N) is 2. The Hall–Kier alpha value is -3.08. The van der Waals surface area contributed by atoms with Gasteiger partial charge in [-0.2, -0.15) is 11.3 Å². The number of aromatic nitrogens is 2. The van der Waals surface area contributed by atoms with Crippen molar-refractivity contribution in [3.63, 3.8) is 0 Å². The van der Waals surface area contributed by atoms with Crippen molar-refractivity contribution in [3.05, 3.63) is 64.9 Å². The van der Waals surface area contributed by atoms with E-state index in [1.54, 1.807) is 11.4 Å². The SMILES string of the molecule is O=C(OCC#CCSc1nnc(-c2ccc3ccccc3c2)o1)c1ccsc1. The van der Waals surface area contributed by atoms with Crippen LogP contribution in [0.25, 0.3) is 22.2 Å². The highest BCUT2D eigenvalue weighted by Crippen LogP contribution is 2.26. The molecule has 2 aromatic carbocycles. The van der Waals surface area contributed by atoms with Crippen LogP contribution in [0.3, 0.4) is 0 Å². The minimum atomic E-state index is -0.361. The van der Waals surface area contributed by atoms with E-state index in [2.05, 4.69) is 28.1 Å². The Labute approximate surface area is 169 Å². The van der Waals surface area contributed by atoms with E-state index in [0.29, 0.717) is 22.4 Å². The molecule has 5 nitrogen and oxygen atoms in total. The molecule has 138 valence electrons. The Balaban J connectivity index is 1.30. The third kappa shape index (κ3) is 4.42. The molecule has 0 aliphatic heterocycles. The van der Waals surface area contributed by atoms with Gasteiger partial charge < -0.3 is 9.15 Å². The van der Waals surface area contributed by atoms with Gasteiger partial charge in [0.2, 0.25) is 5.89 Å². The molecule has 0 saturated heterocycles. The van der Waals surface area contributed by atoms with Gasteiger partial charge in [-0.05, 0) is 34.4 Å². The predicted octanol–water partition coefficient (Wildman–Crippen LogP) is 4.90. The van der Waals surface area contributed by atoms with Gasteiger partial charge in [0.05, 0.1) is 11.3 Å². The molecule has 4 rings (SSSR count). The van der Waals surface area contributed by atoms with E-state index in [-0.39, 0.29) is 12.6 Å². The van der Waals surface area contributed by atoms with E-state index in [1.807, 2.05) is 41.8 Å². The summed E-state index contributed by atoms with van der Waals surface area (Å²) in [6.45, 7) is 0.0570. The van der Waals surface area contributed by atoms with Gasteiger partial charge in [-0.3, -0.25) is 0 Å². The van der Waals surface area contributed by atoms with Crippen LogP contribution in [0.1, 0.15) is 10.4 Å². The molecular weight excluding hydrogens is 392 g/mol. The normalized spacial score (nSPS) is 10.4. The van der Waals surface area contributed by atoms with Crippen LogP contribution in [0.15, 0.2) is 68.9 Å². The van der Waals surface area contributed by atoms with E-state index in [1.165, 1.54) is 23.1 Å². The van der Waals surface area contributed by atoms with Crippen LogP contribution in [0.4, 0.5) is 0 Å². The van der Waals surface area contributed by atoms with E-state index in [0.717, 1.165) is 16.3 Å². The summed E-state index contributed by atoms with van der Waals surface area (Å²) in [5, 5.41) is 14.5.